The number of hydrogen-bond acceptors (Lipinski definition) is 4. The molecule has 0 saturated carbocycles. The zero-order chi connectivity index (χ0) is 11.2. The monoisotopic (exact) mass is 221 g/mol. The normalized spacial score (nSPS) is 19.6. The molecule has 4 nitrogen and oxygen atoms in total. The molecule has 0 spiro atoms. The van der Waals surface area contributed by atoms with E-state index in [2.05, 4.69) is 15.3 Å². The van der Waals surface area contributed by atoms with Gasteiger partial charge in [-0.3, -0.25) is 0 Å². The summed E-state index contributed by atoms with van der Waals surface area (Å²) in [6.45, 7) is 1.82. The van der Waals surface area contributed by atoms with E-state index in [4.69, 9.17) is 4.74 Å². The lowest BCUT2D eigenvalue weighted by Crippen LogP contribution is -2.24. The van der Waals surface area contributed by atoms with Crippen molar-refractivity contribution in [2.24, 2.45) is 5.92 Å². The molecule has 2 rings (SSSR count). The first kappa shape index (κ1) is 11.5. The van der Waals surface area contributed by atoms with Gasteiger partial charge in [-0.25, -0.2) is 9.97 Å². The molecular formula is C12H19N3O. The molecule has 0 aliphatic carbocycles. The third-order valence-corrected chi connectivity index (χ3v) is 3.24. The minimum atomic E-state index is 0.365. The minimum Gasteiger partial charge on any atom is -0.381 e. The fraction of sp³-hybridized carbons (Fsp3) is 0.667. The van der Waals surface area contributed by atoms with Crippen LogP contribution < -0.4 is 5.32 Å². The number of nitrogens with one attached hydrogen (secondary N) is 1. The van der Waals surface area contributed by atoms with Crippen molar-refractivity contribution in [3.63, 3.8) is 0 Å². The first-order chi connectivity index (χ1) is 7.90. The highest BCUT2D eigenvalue weighted by Gasteiger charge is 2.19. The molecule has 1 fully saturated rings. The molecule has 4 heteroatoms. The molecule has 1 aromatic rings. The van der Waals surface area contributed by atoms with E-state index in [-0.39, 0.29) is 0 Å². The van der Waals surface area contributed by atoms with Gasteiger partial charge >= 0.3 is 0 Å². The first-order valence-corrected chi connectivity index (χ1v) is 5.90. The van der Waals surface area contributed by atoms with Gasteiger partial charge in [0.15, 0.2) is 0 Å². The molecule has 0 aromatic carbocycles. The van der Waals surface area contributed by atoms with Crippen molar-refractivity contribution in [1.29, 1.82) is 0 Å². The lowest BCUT2D eigenvalue weighted by Gasteiger charge is -2.26. The molecule has 1 unspecified atom stereocenters. The van der Waals surface area contributed by atoms with Crippen LogP contribution in [-0.4, -0.2) is 30.2 Å². The van der Waals surface area contributed by atoms with Crippen LogP contribution in [0, 0.1) is 5.92 Å². The number of ether oxygens (including phenoxy) is 1. The van der Waals surface area contributed by atoms with E-state index in [9.17, 15) is 0 Å². The molecule has 1 atom stereocenters. The van der Waals surface area contributed by atoms with Crippen molar-refractivity contribution in [1.82, 2.24) is 15.3 Å². The number of aromatic nitrogens is 2. The first-order valence-electron chi connectivity index (χ1n) is 5.90. The molecule has 1 aromatic heterocycles. The van der Waals surface area contributed by atoms with Crippen LogP contribution in [0.4, 0.5) is 0 Å². The Balaban J connectivity index is 1.94. The predicted octanol–water partition coefficient (Wildman–Crippen LogP) is 1.55. The van der Waals surface area contributed by atoms with Crippen molar-refractivity contribution >= 4 is 0 Å². The summed E-state index contributed by atoms with van der Waals surface area (Å²) in [5.74, 6) is 0.756. The third kappa shape index (κ3) is 3.00. The van der Waals surface area contributed by atoms with Gasteiger partial charge in [-0.1, -0.05) is 0 Å². The zero-order valence-corrected chi connectivity index (χ0v) is 9.72. The van der Waals surface area contributed by atoms with Crippen molar-refractivity contribution in [3.05, 3.63) is 24.3 Å². The second-order valence-electron chi connectivity index (χ2n) is 4.30. The van der Waals surface area contributed by atoms with Crippen molar-refractivity contribution < 1.29 is 4.74 Å². The maximum absolute atomic E-state index is 5.38. The Morgan fingerprint density at radius 2 is 2.06 bits per heavy atom. The average molecular weight is 221 g/mol. The van der Waals surface area contributed by atoms with Crippen molar-refractivity contribution in [3.8, 4) is 0 Å². The van der Waals surface area contributed by atoms with Gasteiger partial charge in [-0.15, -0.1) is 0 Å². The van der Waals surface area contributed by atoms with Gasteiger partial charge in [0.2, 0.25) is 0 Å². The molecule has 16 heavy (non-hydrogen) atoms. The Morgan fingerprint density at radius 3 is 2.69 bits per heavy atom. The number of hydrogen-bond donors (Lipinski definition) is 1. The van der Waals surface area contributed by atoms with Crippen LogP contribution >= 0.6 is 0 Å². The van der Waals surface area contributed by atoms with Gasteiger partial charge in [0.25, 0.3) is 0 Å². The number of rotatable bonds is 4. The van der Waals surface area contributed by atoms with E-state index < -0.39 is 0 Å². The molecule has 88 valence electrons. The summed E-state index contributed by atoms with van der Waals surface area (Å²) in [7, 11) is 2.00. The smallest absolute Gasteiger partial charge is 0.115 e. The van der Waals surface area contributed by atoms with E-state index in [1.54, 1.807) is 6.33 Å². The summed E-state index contributed by atoms with van der Waals surface area (Å²) in [6, 6.07) is 0.365. The Kier molecular flexibility index (Phi) is 4.25. The van der Waals surface area contributed by atoms with Crippen LogP contribution in [0.2, 0.25) is 0 Å². The van der Waals surface area contributed by atoms with Crippen molar-refractivity contribution in [2.45, 2.75) is 25.3 Å². The molecule has 0 amide bonds. The molecule has 2 heterocycles. The number of nitrogens with zero attached hydrogens (tertiary/aromatic N) is 2. The quantitative estimate of drug-likeness (QED) is 0.838. The van der Waals surface area contributed by atoms with Gasteiger partial charge in [0, 0.05) is 37.2 Å². The van der Waals surface area contributed by atoms with E-state index >= 15 is 0 Å². The zero-order valence-electron chi connectivity index (χ0n) is 9.72. The van der Waals surface area contributed by atoms with E-state index in [1.807, 2.05) is 19.4 Å². The Hall–Kier alpha value is -1.00. The fourth-order valence-electron chi connectivity index (χ4n) is 2.23. The maximum Gasteiger partial charge on any atom is 0.115 e. The standard InChI is InChI=1S/C12H19N3O/c1-13-12(11-7-14-9-15-8-11)6-10-2-4-16-5-3-10/h7-10,12-13H,2-6H2,1H3. The van der Waals surface area contributed by atoms with Crippen LogP contribution in [0.25, 0.3) is 0 Å². The summed E-state index contributed by atoms with van der Waals surface area (Å²) in [4.78, 5) is 8.14. The highest BCUT2D eigenvalue weighted by Crippen LogP contribution is 2.26. The molecule has 1 saturated heterocycles. The van der Waals surface area contributed by atoms with Crippen LogP contribution in [0.5, 0.6) is 0 Å². The van der Waals surface area contributed by atoms with Gasteiger partial charge in [-0.05, 0) is 32.2 Å². The predicted molar refractivity (Wildman–Crippen MR) is 62.0 cm³/mol. The van der Waals surface area contributed by atoms with Crippen LogP contribution in [0.3, 0.4) is 0 Å². The molecule has 0 radical (unpaired) electrons. The van der Waals surface area contributed by atoms with Gasteiger partial charge < -0.3 is 10.1 Å². The summed E-state index contributed by atoms with van der Waals surface area (Å²) >= 11 is 0. The van der Waals surface area contributed by atoms with Crippen LogP contribution in [-0.2, 0) is 4.74 Å². The highest BCUT2D eigenvalue weighted by molar-refractivity contribution is 5.09. The molecule has 0 bridgehead atoms. The van der Waals surface area contributed by atoms with Gasteiger partial charge in [0.1, 0.15) is 6.33 Å². The Labute approximate surface area is 96.4 Å². The van der Waals surface area contributed by atoms with E-state index in [0.29, 0.717) is 6.04 Å². The summed E-state index contributed by atoms with van der Waals surface area (Å²) in [5, 5.41) is 3.34. The molecule has 1 aliphatic rings. The second-order valence-corrected chi connectivity index (χ2v) is 4.30. The SMILES string of the molecule is CNC(CC1CCOCC1)c1cncnc1. The summed E-state index contributed by atoms with van der Waals surface area (Å²) < 4.78 is 5.38. The van der Waals surface area contributed by atoms with E-state index in [1.165, 1.54) is 18.4 Å². The average Bonchev–Trinajstić information content (AvgIpc) is 2.38. The second kappa shape index (κ2) is 5.92. The highest BCUT2D eigenvalue weighted by atomic mass is 16.5. The van der Waals surface area contributed by atoms with E-state index in [0.717, 1.165) is 25.6 Å². The van der Waals surface area contributed by atoms with Gasteiger partial charge in [0.05, 0.1) is 0 Å². The Morgan fingerprint density at radius 1 is 1.38 bits per heavy atom. The molecule has 1 aliphatic heterocycles. The van der Waals surface area contributed by atoms with Gasteiger partial charge in [-0.2, -0.15) is 0 Å². The minimum absolute atomic E-state index is 0.365. The topological polar surface area (TPSA) is 47.0 Å². The Bertz CT molecular complexity index is 298. The van der Waals surface area contributed by atoms with Crippen molar-refractivity contribution in [2.75, 3.05) is 20.3 Å². The molecular weight excluding hydrogens is 202 g/mol. The largest absolute Gasteiger partial charge is 0.381 e. The lowest BCUT2D eigenvalue weighted by molar-refractivity contribution is 0.0608. The summed E-state index contributed by atoms with van der Waals surface area (Å²) in [5.41, 5.74) is 1.18. The molecule has 1 N–H and O–H groups in total. The summed E-state index contributed by atoms with van der Waals surface area (Å²) in [6.07, 6.45) is 8.86. The van der Waals surface area contributed by atoms with Crippen LogP contribution in [0.15, 0.2) is 18.7 Å². The fourth-order valence-corrected chi connectivity index (χ4v) is 2.23. The third-order valence-electron chi connectivity index (χ3n) is 3.24. The van der Waals surface area contributed by atoms with Crippen LogP contribution in [0.1, 0.15) is 30.9 Å². The lowest BCUT2D eigenvalue weighted by atomic mass is 9.90. The maximum atomic E-state index is 5.38.